The van der Waals surface area contributed by atoms with Gasteiger partial charge in [-0.2, -0.15) is 5.10 Å². The molecule has 5 rings (SSSR count). The molecule has 1 aromatic heterocycles. The van der Waals surface area contributed by atoms with E-state index in [1.807, 2.05) is 37.9 Å². The highest BCUT2D eigenvalue weighted by molar-refractivity contribution is 6.34. The lowest BCUT2D eigenvalue weighted by Crippen LogP contribution is -2.00. The van der Waals surface area contributed by atoms with Crippen molar-refractivity contribution >= 4 is 23.3 Å². The molecular weight excluding hydrogens is 380 g/mol. The van der Waals surface area contributed by atoms with Crippen molar-refractivity contribution in [2.75, 3.05) is 0 Å². The van der Waals surface area contributed by atoms with Crippen LogP contribution >= 0.6 is 0 Å². The minimum absolute atomic E-state index is 0.766. The highest BCUT2D eigenvalue weighted by Gasteiger charge is 2.22. The van der Waals surface area contributed by atoms with Gasteiger partial charge in [0.15, 0.2) is 0 Å². The van der Waals surface area contributed by atoms with Gasteiger partial charge >= 0.3 is 0 Å². The zero-order valence-corrected chi connectivity index (χ0v) is 18.0. The molecule has 0 saturated heterocycles. The van der Waals surface area contributed by atoms with Crippen LogP contribution in [0, 0.1) is 13.8 Å². The Bertz CT molecular complexity index is 1310. The van der Waals surface area contributed by atoms with Crippen molar-refractivity contribution in [1.82, 2.24) is 9.78 Å². The molecule has 0 radical (unpaired) electrons. The number of aliphatic imine (C=N–C) groups is 2. The van der Waals surface area contributed by atoms with Crippen molar-refractivity contribution in [3.63, 3.8) is 0 Å². The summed E-state index contributed by atoms with van der Waals surface area (Å²) in [4.78, 5) is 9.79. The Kier molecular flexibility index (Phi) is 4.83. The second kappa shape index (κ2) is 7.80. The normalized spacial score (nSPS) is 12.9. The van der Waals surface area contributed by atoms with Crippen LogP contribution in [0.3, 0.4) is 0 Å². The van der Waals surface area contributed by atoms with Crippen molar-refractivity contribution in [2.45, 2.75) is 20.3 Å². The van der Waals surface area contributed by atoms with Gasteiger partial charge in [-0.05, 0) is 36.1 Å². The Morgan fingerprint density at radius 3 is 2.06 bits per heavy atom. The Balaban J connectivity index is 1.60. The third-order valence-corrected chi connectivity index (χ3v) is 5.88. The molecule has 152 valence electrons. The first-order valence-electron chi connectivity index (χ1n) is 10.5. The van der Waals surface area contributed by atoms with Crippen LogP contribution < -0.4 is 0 Å². The molecule has 0 N–H and O–H groups in total. The molecule has 0 saturated carbocycles. The summed E-state index contributed by atoms with van der Waals surface area (Å²) in [6.45, 7) is 4.03. The van der Waals surface area contributed by atoms with E-state index in [2.05, 4.69) is 71.8 Å². The molecule has 4 heteroatoms. The summed E-state index contributed by atoms with van der Waals surface area (Å²) in [5.41, 5.74) is 11.0. The zero-order chi connectivity index (χ0) is 21.4. The first-order chi connectivity index (χ1) is 15.1. The van der Waals surface area contributed by atoms with Gasteiger partial charge < -0.3 is 0 Å². The summed E-state index contributed by atoms with van der Waals surface area (Å²) in [7, 11) is 1.95. The Morgan fingerprint density at radius 2 is 1.45 bits per heavy atom. The largest absolute Gasteiger partial charge is 0.270 e. The number of fused-ring (bicyclic) bond motifs is 1. The van der Waals surface area contributed by atoms with E-state index in [0.29, 0.717) is 0 Å². The molecule has 0 unspecified atom stereocenters. The fourth-order valence-electron chi connectivity index (χ4n) is 4.21. The molecule has 0 aliphatic carbocycles. The summed E-state index contributed by atoms with van der Waals surface area (Å²) in [6, 6.07) is 25.4. The van der Waals surface area contributed by atoms with E-state index in [9.17, 15) is 0 Å². The van der Waals surface area contributed by atoms with Crippen LogP contribution in [-0.2, 0) is 13.5 Å². The smallest absolute Gasteiger partial charge is 0.107 e. The van der Waals surface area contributed by atoms with Gasteiger partial charge in [0.2, 0.25) is 0 Å². The minimum Gasteiger partial charge on any atom is -0.270 e. The first kappa shape index (κ1) is 19.2. The van der Waals surface area contributed by atoms with Crippen LogP contribution in [0.25, 0.3) is 22.3 Å². The molecule has 2 heterocycles. The number of aromatic nitrogens is 2. The molecule has 0 amide bonds. The average molecular weight is 405 g/mol. The van der Waals surface area contributed by atoms with E-state index in [4.69, 9.17) is 9.98 Å². The van der Waals surface area contributed by atoms with Crippen LogP contribution in [0.2, 0.25) is 0 Å². The first-order valence-corrected chi connectivity index (χ1v) is 10.5. The molecule has 1 aliphatic rings. The lowest BCUT2D eigenvalue weighted by Gasteiger charge is -2.12. The third-order valence-electron chi connectivity index (χ3n) is 5.88. The van der Waals surface area contributed by atoms with Crippen molar-refractivity contribution in [3.8, 4) is 22.3 Å². The van der Waals surface area contributed by atoms with Gasteiger partial charge in [0, 0.05) is 25.2 Å². The summed E-state index contributed by atoms with van der Waals surface area (Å²) in [6.07, 6.45) is 2.67. The maximum absolute atomic E-state index is 5.04. The number of rotatable bonds is 4. The van der Waals surface area contributed by atoms with Crippen LogP contribution in [0.4, 0.5) is 11.4 Å². The fourth-order valence-corrected chi connectivity index (χ4v) is 4.21. The summed E-state index contributed by atoms with van der Waals surface area (Å²) < 4.78 is 1.87. The maximum Gasteiger partial charge on any atom is 0.107 e. The third kappa shape index (κ3) is 3.50. The quantitative estimate of drug-likeness (QED) is 0.363. The standard InChI is InChI=1S/C27H24N4/c1-18-26(19(2)31(3)30-18)28-17-22-16-25-23(20-10-6-4-7-11-20)14-15-24(27(25)29-22)21-12-8-5-9-13-21/h4-15,17H,16H2,1-3H3. The molecule has 4 nitrogen and oxygen atoms in total. The van der Waals surface area contributed by atoms with Crippen molar-refractivity contribution in [2.24, 2.45) is 17.0 Å². The van der Waals surface area contributed by atoms with E-state index < -0.39 is 0 Å². The van der Waals surface area contributed by atoms with Crippen molar-refractivity contribution in [3.05, 3.63) is 89.7 Å². The summed E-state index contributed by atoms with van der Waals surface area (Å²) in [5, 5.41) is 4.47. The predicted octanol–water partition coefficient (Wildman–Crippen LogP) is 6.40. The monoisotopic (exact) mass is 404 g/mol. The predicted molar refractivity (Wildman–Crippen MR) is 129 cm³/mol. The molecule has 3 aromatic carbocycles. The molecule has 4 aromatic rings. The van der Waals surface area contributed by atoms with Crippen LogP contribution in [0.5, 0.6) is 0 Å². The van der Waals surface area contributed by atoms with E-state index in [1.165, 1.54) is 22.3 Å². The summed E-state index contributed by atoms with van der Waals surface area (Å²) >= 11 is 0. The SMILES string of the molecule is Cc1nn(C)c(C)c1N=CC1=Nc2c(-c3ccccc3)ccc(-c3ccccc3)c2C1. The fraction of sp³-hybridized carbons (Fsp3) is 0.148. The van der Waals surface area contributed by atoms with Gasteiger partial charge in [0.05, 0.1) is 22.8 Å². The van der Waals surface area contributed by atoms with Gasteiger partial charge in [0.25, 0.3) is 0 Å². The number of aryl methyl sites for hydroxylation is 2. The number of hydrogen-bond acceptors (Lipinski definition) is 3. The molecule has 0 bridgehead atoms. The number of nitrogens with zero attached hydrogens (tertiary/aromatic N) is 4. The van der Waals surface area contributed by atoms with Crippen LogP contribution in [-0.4, -0.2) is 21.7 Å². The molecule has 1 aliphatic heterocycles. The van der Waals surface area contributed by atoms with E-state index in [0.717, 1.165) is 40.5 Å². The van der Waals surface area contributed by atoms with Gasteiger partial charge in [-0.1, -0.05) is 72.8 Å². The van der Waals surface area contributed by atoms with Gasteiger partial charge in [-0.3, -0.25) is 14.7 Å². The highest BCUT2D eigenvalue weighted by atomic mass is 15.3. The van der Waals surface area contributed by atoms with Crippen LogP contribution in [0.15, 0.2) is 82.8 Å². The average Bonchev–Trinajstić information content (AvgIpc) is 3.33. The Morgan fingerprint density at radius 1 is 0.839 bits per heavy atom. The van der Waals surface area contributed by atoms with Crippen LogP contribution in [0.1, 0.15) is 17.0 Å². The van der Waals surface area contributed by atoms with Gasteiger partial charge in [-0.15, -0.1) is 0 Å². The van der Waals surface area contributed by atoms with E-state index in [1.54, 1.807) is 0 Å². The topological polar surface area (TPSA) is 42.5 Å². The van der Waals surface area contributed by atoms with Gasteiger partial charge in [0.1, 0.15) is 5.69 Å². The number of hydrogen-bond donors (Lipinski definition) is 0. The highest BCUT2D eigenvalue weighted by Crippen LogP contribution is 2.42. The second-order valence-electron chi connectivity index (χ2n) is 7.90. The Hall–Kier alpha value is -3.79. The molecule has 0 spiro atoms. The van der Waals surface area contributed by atoms with Crippen molar-refractivity contribution < 1.29 is 0 Å². The molecule has 0 fully saturated rings. The molecule has 0 atom stereocenters. The number of benzene rings is 3. The lowest BCUT2D eigenvalue weighted by atomic mass is 9.92. The zero-order valence-electron chi connectivity index (χ0n) is 18.0. The lowest BCUT2D eigenvalue weighted by molar-refractivity contribution is 0.731. The Labute approximate surface area is 182 Å². The summed E-state index contributed by atoms with van der Waals surface area (Å²) in [5.74, 6) is 0. The van der Waals surface area contributed by atoms with E-state index >= 15 is 0 Å². The molecule has 31 heavy (non-hydrogen) atoms. The van der Waals surface area contributed by atoms with Gasteiger partial charge in [-0.25, -0.2) is 0 Å². The second-order valence-corrected chi connectivity index (χ2v) is 7.90. The maximum atomic E-state index is 5.04. The molecular formula is C27H24N4. The minimum atomic E-state index is 0.766. The van der Waals surface area contributed by atoms with E-state index in [-0.39, 0.29) is 0 Å². The van der Waals surface area contributed by atoms with Crippen molar-refractivity contribution in [1.29, 1.82) is 0 Å².